The number of aliphatic imine (C=N–C) groups is 1. The largest absolute Gasteiger partial charge is 0.508 e. The van der Waals surface area contributed by atoms with Crippen LogP contribution in [0, 0.1) is 29.6 Å². The maximum Gasteiger partial charge on any atom is 0.339 e. The number of nitrogens with zero attached hydrogens (tertiary/aromatic N) is 3. The van der Waals surface area contributed by atoms with E-state index in [1.54, 1.807) is 84.0 Å². The molecule has 656 valence electrons. The number of carbonyl (C=O) groups is 13. The average molecular weight is 1710 g/mol. The zero-order valence-electron chi connectivity index (χ0n) is 69.2. The number of rotatable bonds is 42. The van der Waals surface area contributed by atoms with Crippen LogP contribution < -0.4 is 43.8 Å². The van der Waals surface area contributed by atoms with Gasteiger partial charge in [-0.1, -0.05) is 111 Å². The van der Waals surface area contributed by atoms with E-state index in [0.717, 1.165) is 21.8 Å². The molecule has 6 amide bonds. The number of aromatic nitrogens is 4. The molecule has 33 nitrogen and oxygen atoms in total. The van der Waals surface area contributed by atoms with Gasteiger partial charge in [-0.05, 0) is 145 Å². The smallest absolute Gasteiger partial charge is 0.339 e. The number of hydrogen-bond acceptors (Lipinski definition) is 20. The summed E-state index contributed by atoms with van der Waals surface area (Å²) in [7, 11) is 0. The number of imidazole rings is 1. The second-order valence-electron chi connectivity index (χ2n) is 32.4. The molecule has 3 aromatic heterocycles. The van der Waals surface area contributed by atoms with Crippen molar-refractivity contribution >= 4 is 126 Å². The minimum Gasteiger partial charge on any atom is -0.508 e. The predicted octanol–water partition coefficient (Wildman–Crippen LogP) is 6.50. The molecule has 2 aliphatic rings. The summed E-state index contributed by atoms with van der Waals surface area (Å²) in [5, 5.41) is 79.3. The Morgan fingerprint density at radius 3 is 1.68 bits per heavy atom. The van der Waals surface area contributed by atoms with Gasteiger partial charge in [0.2, 0.25) is 35.4 Å². The van der Waals surface area contributed by atoms with Crippen molar-refractivity contribution in [1.82, 2.24) is 51.4 Å². The van der Waals surface area contributed by atoms with E-state index in [9.17, 15) is 83.4 Å². The number of phenolic OH excluding ortho intramolecular Hbond substituents is 1. The maximum absolute atomic E-state index is 15.2. The number of benzene rings is 7. The molecule has 12 rings (SSSR count). The Bertz CT molecular complexity index is 5580. The lowest BCUT2D eigenvalue weighted by Gasteiger charge is -2.28. The van der Waals surface area contributed by atoms with Crippen LogP contribution in [0.3, 0.4) is 0 Å². The van der Waals surface area contributed by atoms with E-state index in [2.05, 4.69) is 51.5 Å². The molecule has 1 aliphatic heterocycles. The number of H-pyrrole nitrogens is 3. The summed E-state index contributed by atoms with van der Waals surface area (Å²) in [4.78, 5) is 196. The summed E-state index contributed by atoms with van der Waals surface area (Å²) in [5.41, 5.74) is 20.4. The van der Waals surface area contributed by atoms with Crippen LogP contribution in [0.1, 0.15) is 139 Å². The molecule has 10 aromatic rings. The monoisotopic (exact) mass is 1710 g/mol. The third-order valence-electron chi connectivity index (χ3n) is 23.0. The van der Waals surface area contributed by atoms with Gasteiger partial charge >= 0.3 is 11.9 Å². The molecule has 20 N–H and O–H groups in total. The summed E-state index contributed by atoms with van der Waals surface area (Å²) in [6.07, 6.45) is 7.05. The molecule has 7 aromatic carbocycles. The van der Waals surface area contributed by atoms with Crippen molar-refractivity contribution in [3.63, 3.8) is 0 Å². The number of para-hydroxylation sites is 2. The van der Waals surface area contributed by atoms with Gasteiger partial charge in [0.25, 0.3) is 0 Å². The van der Waals surface area contributed by atoms with E-state index in [-0.39, 0.29) is 137 Å². The van der Waals surface area contributed by atoms with Gasteiger partial charge < -0.3 is 89.4 Å². The number of nitrogens with two attached hydrogens (primary N) is 3. The summed E-state index contributed by atoms with van der Waals surface area (Å²) >= 11 is 0. The number of aromatic hydroxyl groups is 3. The van der Waals surface area contributed by atoms with Gasteiger partial charge in [-0.3, -0.25) is 62.6 Å². The number of primary amides is 1. The zero-order valence-corrected chi connectivity index (χ0v) is 69.2. The second kappa shape index (κ2) is 42.7. The highest BCUT2D eigenvalue weighted by Gasteiger charge is 2.40. The van der Waals surface area contributed by atoms with Gasteiger partial charge in [-0.25, -0.2) is 14.6 Å². The molecule has 1 saturated heterocycles. The van der Waals surface area contributed by atoms with Gasteiger partial charge in [0.1, 0.15) is 63.9 Å². The fraction of sp³-hybridized carbons (Fsp3) is 0.359. The van der Waals surface area contributed by atoms with Crippen molar-refractivity contribution in [2.75, 3.05) is 32.8 Å². The van der Waals surface area contributed by atoms with E-state index < -0.39 is 143 Å². The van der Waals surface area contributed by atoms with Gasteiger partial charge in [0, 0.05) is 132 Å². The summed E-state index contributed by atoms with van der Waals surface area (Å²) in [6, 6.07) is 31.1. The Morgan fingerprint density at radius 1 is 0.584 bits per heavy atom. The maximum atomic E-state index is 15.2. The summed E-state index contributed by atoms with van der Waals surface area (Å²) < 4.78 is 0. The third kappa shape index (κ3) is 24.3. The molecule has 4 heterocycles. The van der Waals surface area contributed by atoms with Gasteiger partial charge in [0.15, 0.2) is 17.5 Å². The number of ketones is 5. The average Bonchev–Trinajstić information content (AvgIpc) is 1.08. The van der Waals surface area contributed by atoms with Crippen LogP contribution in [0.2, 0.25) is 0 Å². The number of aromatic amines is 3. The van der Waals surface area contributed by atoms with Crippen molar-refractivity contribution in [2.45, 2.75) is 147 Å². The topological polar surface area (TPSA) is 557 Å². The van der Waals surface area contributed by atoms with E-state index >= 15 is 9.59 Å². The van der Waals surface area contributed by atoms with Crippen molar-refractivity contribution in [3.8, 4) is 17.2 Å². The van der Waals surface area contributed by atoms with Gasteiger partial charge in [-0.15, -0.1) is 0 Å². The molecule has 1 aliphatic carbocycles. The van der Waals surface area contributed by atoms with Crippen LogP contribution in [-0.4, -0.2) is 201 Å². The van der Waals surface area contributed by atoms with Gasteiger partial charge in [0.05, 0.1) is 38.1 Å². The number of guanidine groups is 1. The fourth-order valence-corrected chi connectivity index (χ4v) is 16.5. The molecule has 9 unspecified atom stereocenters. The number of aliphatic hydroxyl groups is 1. The number of nitrogens with one attached hydrogen (secondary N) is 8. The minimum atomic E-state index is -1.62. The number of fused-ring (bicyclic) bond motifs is 4. The standard InChI is InChI=1S/C69H88N14O13.C23H16O6/c1-39(2)23-55(66(94)79-54(13-7-21-74-69(71)72)62(90)36-83-22-8-14-58(83)68(96)77-35-63(70)91)81-67(95)56(28-46-33-76-53-12-6-4-10-51(46)53)80-64(92)43(24-40-15-18-48(85)19-16-40)31-61(89)57(37-84)82-65(93)44(25-45-32-75-52-11-5-3-9-50(45)52)30-60(88)42(26-47-34-73-38-78-47)29-59(87)41-17-20-49(86)27-41;24-20-16(14-7-3-1-5-12(14)9-18(20)22(26)27)11-17-15-8-4-2-6-13(15)10-19(21(17)25)23(28)29/h3-6,9-12,15-16,18-19,32-34,38-39,41-44,54-58,75-76,84-85H,7-8,13-14,17,20-31,35-37H2,1-2H3,(H2,70,91)(H,73,78)(H,77,96)(H,79,94)(H,80,92)(H,81,95)(H,82,93)(H4,71,72,74);1-10,24-25H,11H2,(H,26,27)(H,28,29). The molecular weight excluding hydrogens is 1610 g/mol. The normalized spacial score (nSPS) is 15.6. The Morgan fingerprint density at radius 2 is 1.13 bits per heavy atom. The molecule has 33 heteroatoms. The molecular formula is C92H104N14O19. The first-order valence-electron chi connectivity index (χ1n) is 41.5. The lowest BCUT2D eigenvalue weighted by Crippen LogP contribution is -2.57. The molecule has 125 heavy (non-hydrogen) atoms. The quantitative estimate of drug-likeness (QED) is 0.0110. The van der Waals surface area contributed by atoms with Crippen LogP contribution in [0.4, 0.5) is 0 Å². The van der Waals surface area contributed by atoms with Gasteiger partial charge in [-0.2, -0.15) is 0 Å². The highest BCUT2D eigenvalue weighted by molar-refractivity contribution is 6.04. The van der Waals surface area contributed by atoms with Crippen LogP contribution >= 0.6 is 0 Å². The minimum absolute atomic E-state index is 0.0111. The Hall–Kier alpha value is -14.0. The van der Waals surface area contributed by atoms with Crippen LogP contribution in [0.5, 0.6) is 17.2 Å². The number of carboxylic acid groups (broad SMARTS) is 2. The first-order chi connectivity index (χ1) is 59.9. The molecule has 1 saturated carbocycles. The third-order valence-corrected chi connectivity index (χ3v) is 23.0. The van der Waals surface area contributed by atoms with Crippen molar-refractivity contribution < 1.29 is 93.0 Å². The number of aromatic carboxylic acids is 2. The Kier molecular flexibility index (Phi) is 31.4. The molecule has 0 spiro atoms. The lowest BCUT2D eigenvalue weighted by atomic mass is 9.83. The number of aliphatic hydroxyl groups excluding tert-OH is 1. The second-order valence-corrected chi connectivity index (χ2v) is 32.4. The van der Waals surface area contributed by atoms with Crippen molar-refractivity contribution in [2.24, 2.45) is 51.8 Å². The van der Waals surface area contributed by atoms with E-state index in [0.29, 0.717) is 80.9 Å². The number of carboxylic acids is 2. The zero-order chi connectivity index (χ0) is 89.7. The van der Waals surface area contributed by atoms with E-state index in [1.165, 1.54) is 36.8 Å². The molecule has 2 fully saturated rings. The molecule has 0 radical (unpaired) electrons. The van der Waals surface area contributed by atoms with Crippen LogP contribution in [0.15, 0.2) is 163 Å². The number of phenols is 3. The fourth-order valence-electron chi connectivity index (χ4n) is 16.5. The number of carbonyl (C=O) groups excluding carboxylic acids is 11. The number of amides is 6. The highest BCUT2D eigenvalue weighted by atomic mass is 16.4. The van der Waals surface area contributed by atoms with E-state index in [1.807, 2.05) is 56.3 Å². The predicted molar refractivity (Wildman–Crippen MR) is 464 cm³/mol. The first kappa shape index (κ1) is 91.8. The molecule has 0 bridgehead atoms. The van der Waals surface area contributed by atoms with Crippen LogP contribution in [0.25, 0.3) is 43.4 Å². The van der Waals surface area contributed by atoms with Crippen LogP contribution in [-0.2, 0) is 84.8 Å². The Labute approximate surface area is 718 Å². The SMILES string of the molecule is CC(C)CC(NC(=O)C(Cc1c[nH]c2ccccc12)NC(=O)C(CC(=O)C(CO)NC(=O)C(CC(=O)C(CC(=O)C1CCC(=O)C1)Cc1cnc[nH]1)Cc1c[nH]c2ccccc12)Cc1ccc(O)cc1)C(=O)NC(CCCN=C(N)N)C(=O)CN1CCCC1C(=O)NCC(N)=O.O=C(O)c1cc2ccccc2c(Cc2c(O)c(C(=O)O)cc3ccccc23)c1O. The first-order valence-corrected chi connectivity index (χ1v) is 41.5. The number of Topliss-reactive ketones (excluding diaryl/α,β-unsaturated/α-hetero) is 5. The molecule has 9 atom stereocenters. The van der Waals surface area contributed by atoms with E-state index in [4.69, 9.17) is 17.2 Å². The summed E-state index contributed by atoms with van der Waals surface area (Å²) in [5.74, 6) is -14.0. The highest BCUT2D eigenvalue weighted by Crippen LogP contribution is 2.40. The van der Waals surface area contributed by atoms with Crippen molar-refractivity contribution in [3.05, 3.63) is 203 Å². The van der Waals surface area contributed by atoms with Crippen molar-refractivity contribution in [1.29, 1.82) is 0 Å². The number of likely N-dealkylation sites (tertiary alicyclic amines) is 1. The Balaban J connectivity index is 0.000000437. The number of hydrogen-bond donors (Lipinski definition) is 17. The lowest BCUT2D eigenvalue weighted by molar-refractivity contribution is -0.136. The summed E-state index contributed by atoms with van der Waals surface area (Å²) in [6.45, 7) is 2.58.